The molecule has 0 fully saturated rings. The quantitative estimate of drug-likeness (QED) is 0.768. The molecule has 0 saturated carbocycles. The number of rotatable bonds is 5. The van der Waals surface area contributed by atoms with Crippen LogP contribution in [0.4, 0.5) is 4.79 Å². The lowest BCUT2D eigenvalue weighted by molar-refractivity contribution is -0.140. The van der Waals surface area contributed by atoms with Crippen LogP contribution in [0.15, 0.2) is 24.3 Å². The Kier molecular flexibility index (Phi) is 5.79. The van der Waals surface area contributed by atoms with Gasteiger partial charge in [0.05, 0.1) is 12.6 Å². The number of benzene rings is 1. The smallest absolute Gasteiger partial charge is 0.328 e. The predicted octanol–water partition coefficient (Wildman–Crippen LogP) is 1.49. The molecule has 1 aromatic rings. The monoisotopic (exact) mass is 300 g/mol. The first-order valence-corrected chi connectivity index (χ1v) is 6.37. The average molecular weight is 301 g/mol. The van der Waals surface area contributed by atoms with Crippen molar-refractivity contribution in [3.63, 3.8) is 0 Å². The van der Waals surface area contributed by atoms with E-state index in [1.54, 1.807) is 38.2 Å². The molecular formula is C13H17ClN2O4. The Morgan fingerprint density at radius 3 is 2.35 bits per heavy atom. The molecule has 2 atom stereocenters. The van der Waals surface area contributed by atoms with Gasteiger partial charge in [0, 0.05) is 12.1 Å². The minimum Gasteiger partial charge on any atom is -0.480 e. The summed E-state index contributed by atoms with van der Waals surface area (Å²) in [5.41, 5.74) is 0.864. The van der Waals surface area contributed by atoms with Crippen molar-refractivity contribution in [2.24, 2.45) is 0 Å². The Morgan fingerprint density at radius 2 is 1.90 bits per heavy atom. The van der Waals surface area contributed by atoms with Gasteiger partial charge in [0.1, 0.15) is 0 Å². The van der Waals surface area contributed by atoms with Gasteiger partial charge in [-0.2, -0.15) is 0 Å². The molecule has 0 aliphatic heterocycles. The summed E-state index contributed by atoms with van der Waals surface area (Å²) < 4.78 is 0. The van der Waals surface area contributed by atoms with E-state index in [9.17, 15) is 9.59 Å². The summed E-state index contributed by atoms with van der Waals surface area (Å²) in [6.45, 7) is 1.14. The summed E-state index contributed by atoms with van der Waals surface area (Å²) in [5.74, 6) is -1.28. The lowest BCUT2D eigenvalue weighted by Crippen LogP contribution is -2.48. The highest BCUT2D eigenvalue weighted by molar-refractivity contribution is 6.30. The SMILES string of the molecule is CC(c1ccc(Cl)cc1)N(C)C(=O)NC(CO)C(=O)O. The zero-order valence-electron chi connectivity index (χ0n) is 11.2. The van der Waals surface area contributed by atoms with E-state index in [0.717, 1.165) is 5.56 Å². The molecule has 1 aromatic carbocycles. The molecule has 0 radical (unpaired) electrons. The fourth-order valence-corrected chi connectivity index (χ4v) is 1.70. The number of nitrogens with zero attached hydrogens (tertiary/aromatic N) is 1. The third-order valence-electron chi connectivity index (χ3n) is 3.03. The zero-order valence-corrected chi connectivity index (χ0v) is 12.0. The Balaban J connectivity index is 2.73. The van der Waals surface area contributed by atoms with E-state index in [1.807, 2.05) is 0 Å². The van der Waals surface area contributed by atoms with Gasteiger partial charge in [0.15, 0.2) is 6.04 Å². The van der Waals surface area contributed by atoms with Crippen molar-refractivity contribution in [3.05, 3.63) is 34.9 Å². The third-order valence-corrected chi connectivity index (χ3v) is 3.28. The Bertz CT molecular complexity index is 478. The number of halogens is 1. The van der Waals surface area contributed by atoms with Crippen molar-refractivity contribution in [2.75, 3.05) is 13.7 Å². The molecule has 1 rings (SSSR count). The van der Waals surface area contributed by atoms with E-state index >= 15 is 0 Å². The first-order valence-electron chi connectivity index (χ1n) is 5.99. The van der Waals surface area contributed by atoms with Crippen LogP contribution in [0.3, 0.4) is 0 Å². The molecule has 2 unspecified atom stereocenters. The van der Waals surface area contributed by atoms with Crippen LogP contribution in [-0.4, -0.2) is 46.8 Å². The first kappa shape index (κ1) is 16.3. The van der Waals surface area contributed by atoms with Gasteiger partial charge in [-0.3, -0.25) is 0 Å². The van der Waals surface area contributed by atoms with E-state index in [4.69, 9.17) is 21.8 Å². The van der Waals surface area contributed by atoms with Gasteiger partial charge >= 0.3 is 12.0 Å². The third kappa shape index (κ3) is 4.11. The van der Waals surface area contributed by atoms with E-state index in [1.165, 1.54) is 4.90 Å². The normalized spacial score (nSPS) is 13.4. The molecule has 0 saturated heterocycles. The molecule has 7 heteroatoms. The highest BCUT2D eigenvalue weighted by Gasteiger charge is 2.23. The van der Waals surface area contributed by atoms with E-state index in [-0.39, 0.29) is 6.04 Å². The van der Waals surface area contributed by atoms with Gasteiger partial charge in [-0.15, -0.1) is 0 Å². The van der Waals surface area contributed by atoms with Crippen LogP contribution in [0.1, 0.15) is 18.5 Å². The summed E-state index contributed by atoms with van der Waals surface area (Å²) in [4.78, 5) is 24.0. The molecule has 2 amide bonds. The van der Waals surface area contributed by atoms with Crippen LogP contribution >= 0.6 is 11.6 Å². The van der Waals surface area contributed by atoms with Crippen LogP contribution < -0.4 is 5.32 Å². The highest BCUT2D eigenvalue weighted by Crippen LogP contribution is 2.20. The van der Waals surface area contributed by atoms with Crippen molar-refractivity contribution in [3.8, 4) is 0 Å². The molecular weight excluding hydrogens is 284 g/mol. The summed E-state index contributed by atoms with van der Waals surface area (Å²) in [6.07, 6.45) is 0. The second-order valence-corrected chi connectivity index (χ2v) is 4.80. The van der Waals surface area contributed by atoms with Crippen molar-refractivity contribution in [1.82, 2.24) is 10.2 Å². The number of hydrogen-bond donors (Lipinski definition) is 3. The number of hydrogen-bond acceptors (Lipinski definition) is 3. The molecule has 0 aliphatic rings. The number of aliphatic carboxylic acids is 1. The minimum absolute atomic E-state index is 0.264. The molecule has 0 heterocycles. The maximum atomic E-state index is 11.9. The molecule has 0 aliphatic carbocycles. The number of aliphatic hydroxyl groups is 1. The summed E-state index contributed by atoms with van der Waals surface area (Å²) in [7, 11) is 1.55. The highest BCUT2D eigenvalue weighted by atomic mass is 35.5. The van der Waals surface area contributed by atoms with E-state index in [0.29, 0.717) is 5.02 Å². The van der Waals surface area contributed by atoms with Gasteiger partial charge < -0.3 is 20.4 Å². The number of amides is 2. The van der Waals surface area contributed by atoms with Crippen LogP contribution in [0, 0.1) is 0 Å². The standard InChI is InChI=1S/C13H17ClN2O4/c1-8(9-3-5-10(14)6-4-9)16(2)13(20)15-11(7-17)12(18)19/h3-6,8,11,17H,7H2,1-2H3,(H,15,20)(H,18,19). The number of urea groups is 1. The van der Waals surface area contributed by atoms with Crippen LogP contribution in [0.25, 0.3) is 0 Å². The molecule has 6 nitrogen and oxygen atoms in total. The van der Waals surface area contributed by atoms with Crippen LogP contribution in [0.5, 0.6) is 0 Å². The van der Waals surface area contributed by atoms with Crippen LogP contribution in [-0.2, 0) is 4.79 Å². The van der Waals surface area contributed by atoms with Gasteiger partial charge in [0.25, 0.3) is 0 Å². The molecule has 20 heavy (non-hydrogen) atoms. The lowest BCUT2D eigenvalue weighted by Gasteiger charge is -2.26. The molecule has 0 bridgehead atoms. The van der Waals surface area contributed by atoms with Gasteiger partial charge in [0.2, 0.25) is 0 Å². The molecule has 3 N–H and O–H groups in total. The Hall–Kier alpha value is -1.79. The summed E-state index contributed by atoms with van der Waals surface area (Å²) in [5, 5.41) is 20.5. The number of carbonyl (C=O) groups excluding carboxylic acids is 1. The van der Waals surface area contributed by atoms with Crippen molar-refractivity contribution >= 4 is 23.6 Å². The first-order chi connectivity index (χ1) is 9.36. The number of aliphatic hydroxyl groups excluding tert-OH is 1. The van der Waals surface area contributed by atoms with Crippen molar-refractivity contribution in [1.29, 1.82) is 0 Å². The van der Waals surface area contributed by atoms with Crippen molar-refractivity contribution in [2.45, 2.75) is 19.0 Å². The fourth-order valence-electron chi connectivity index (χ4n) is 1.58. The second-order valence-electron chi connectivity index (χ2n) is 4.36. The summed E-state index contributed by atoms with van der Waals surface area (Å²) >= 11 is 5.80. The topological polar surface area (TPSA) is 89.9 Å². The van der Waals surface area contributed by atoms with Gasteiger partial charge in [-0.25, -0.2) is 9.59 Å². The second kappa shape index (κ2) is 7.12. The number of carbonyl (C=O) groups is 2. The Morgan fingerprint density at radius 1 is 1.35 bits per heavy atom. The fraction of sp³-hybridized carbons (Fsp3) is 0.385. The molecule has 0 spiro atoms. The van der Waals surface area contributed by atoms with Gasteiger partial charge in [-0.05, 0) is 24.6 Å². The maximum Gasteiger partial charge on any atom is 0.328 e. The molecule has 0 aromatic heterocycles. The van der Waals surface area contributed by atoms with Crippen molar-refractivity contribution < 1.29 is 19.8 Å². The maximum absolute atomic E-state index is 11.9. The Labute approximate surface area is 122 Å². The zero-order chi connectivity index (χ0) is 15.3. The predicted molar refractivity (Wildman–Crippen MR) is 74.7 cm³/mol. The van der Waals surface area contributed by atoms with E-state index in [2.05, 4.69) is 5.32 Å². The summed E-state index contributed by atoms with van der Waals surface area (Å²) in [6, 6.07) is 4.85. The van der Waals surface area contributed by atoms with Crippen LogP contribution in [0.2, 0.25) is 5.02 Å². The minimum atomic E-state index is -1.32. The number of carboxylic acid groups (broad SMARTS) is 1. The number of nitrogens with one attached hydrogen (secondary N) is 1. The lowest BCUT2D eigenvalue weighted by atomic mass is 10.1. The van der Waals surface area contributed by atoms with E-state index < -0.39 is 24.6 Å². The largest absolute Gasteiger partial charge is 0.480 e. The molecule has 110 valence electrons. The average Bonchev–Trinajstić information content (AvgIpc) is 2.43. The van der Waals surface area contributed by atoms with Gasteiger partial charge in [-0.1, -0.05) is 23.7 Å². The number of carboxylic acids is 1.